The van der Waals surface area contributed by atoms with E-state index in [4.69, 9.17) is 0 Å². The third-order valence-electron chi connectivity index (χ3n) is 2.92. The summed E-state index contributed by atoms with van der Waals surface area (Å²) in [6.07, 6.45) is 1.73. The predicted octanol–water partition coefficient (Wildman–Crippen LogP) is 2.64. The number of ketones is 1. The van der Waals surface area contributed by atoms with Gasteiger partial charge in [-0.1, -0.05) is 18.2 Å². The van der Waals surface area contributed by atoms with E-state index >= 15 is 0 Å². The van der Waals surface area contributed by atoms with Crippen molar-refractivity contribution >= 4 is 17.4 Å². The van der Waals surface area contributed by atoms with Gasteiger partial charge in [0.1, 0.15) is 6.54 Å². The number of carbonyl (C=O) groups is 2. The maximum atomic E-state index is 12.0. The summed E-state index contributed by atoms with van der Waals surface area (Å²) in [4.78, 5) is 23.3. The number of nitrogens with one attached hydrogen (secondary N) is 1. The van der Waals surface area contributed by atoms with Gasteiger partial charge in [0.15, 0.2) is 5.78 Å². The molecule has 0 bridgehead atoms. The smallest absolute Gasteiger partial charge is 0.244 e. The van der Waals surface area contributed by atoms with Crippen LogP contribution in [0.3, 0.4) is 0 Å². The fourth-order valence-corrected chi connectivity index (χ4v) is 1.93. The first-order chi connectivity index (χ1) is 9.08. The van der Waals surface area contributed by atoms with Crippen molar-refractivity contribution in [2.24, 2.45) is 0 Å². The van der Waals surface area contributed by atoms with Crippen molar-refractivity contribution in [3.05, 3.63) is 53.9 Å². The Bertz CT molecular complexity index is 614. The van der Waals surface area contributed by atoms with Crippen LogP contribution >= 0.6 is 0 Å². The molecule has 0 saturated heterocycles. The minimum atomic E-state index is -0.145. The molecular formula is C15H16N2O2. The SMILES string of the molecule is CC(=O)c1cccn1CC(=O)Nc1ccccc1C. The van der Waals surface area contributed by atoms with Gasteiger partial charge in [0.05, 0.1) is 5.69 Å². The molecule has 1 amide bonds. The van der Waals surface area contributed by atoms with Crippen molar-refractivity contribution in [3.63, 3.8) is 0 Å². The normalized spacial score (nSPS) is 10.2. The highest BCUT2D eigenvalue weighted by atomic mass is 16.2. The number of anilines is 1. The summed E-state index contributed by atoms with van der Waals surface area (Å²) in [6, 6.07) is 11.1. The summed E-state index contributed by atoms with van der Waals surface area (Å²) in [5, 5.41) is 2.84. The molecule has 1 heterocycles. The predicted molar refractivity (Wildman–Crippen MR) is 74.2 cm³/mol. The topological polar surface area (TPSA) is 51.1 Å². The number of para-hydroxylation sites is 1. The molecule has 0 aliphatic heterocycles. The lowest BCUT2D eigenvalue weighted by Gasteiger charge is -2.10. The highest BCUT2D eigenvalue weighted by molar-refractivity contribution is 5.95. The van der Waals surface area contributed by atoms with Gasteiger partial charge in [-0.05, 0) is 30.7 Å². The van der Waals surface area contributed by atoms with Gasteiger partial charge in [0.25, 0.3) is 0 Å². The molecule has 98 valence electrons. The number of hydrogen-bond acceptors (Lipinski definition) is 2. The van der Waals surface area contributed by atoms with Crippen LogP contribution in [0.15, 0.2) is 42.6 Å². The Hall–Kier alpha value is -2.36. The Morgan fingerprint density at radius 3 is 2.58 bits per heavy atom. The molecule has 0 spiro atoms. The molecule has 0 radical (unpaired) electrons. The zero-order valence-corrected chi connectivity index (χ0v) is 11.0. The standard InChI is InChI=1S/C15H16N2O2/c1-11-6-3-4-7-13(11)16-15(19)10-17-9-5-8-14(17)12(2)18/h3-9H,10H2,1-2H3,(H,16,19). The summed E-state index contributed by atoms with van der Waals surface area (Å²) in [6.45, 7) is 3.56. The van der Waals surface area contributed by atoms with E-state index in [1.807, 2.05) is 31.2 Å². The fourth-order valence-electron chi connectivity index (χ4n) is 1.93. The van der Waals surface area contributed by atoms with E-state index in [1.54, 1.807) is 22.9 Å². The molecular weight excluding hydrogens is 240 g/mol. The largest absolute Gasteiger partial charge is 0.336 e. The van der Waals surface area contributed by atoms with Crippen LogP contribution in [0.2, 0.25) is 0 Å². The van der Waals surface area contributed by atoms with E-state index < -0.39 is 0 Å². The van der Waals surface area contributed by atoms with E-state index in [9.17, 15) is 9.59 Å². The molecule has 2 aromatic rings. The third kappa shape index (κ3) is 3.10. The number of hydrogen-bond donors (Lipinski definition) is 1. The minimum absolute atomic E-state index is 0.0475. The first kappa shape index (κ1) is 13.1. The van der Waals surface area contributed by atoms with Gasteiger partial charge in [-0.25, -0.2) is 0 Å². The minimum Gasteiger partial charge on any atom is -0.336 e. The van der Waals surface area contributed by atoms with E-state index in [-0.39, 0.29) is 18.2 Å². The van der Waals surface area contributed by atoms with Gasteiger partial charge in [-0.3, -0.25) is 9.59 Å². The third-order valence-corrected chi connectivity index (χ3v) is 2.92. The van der Waals surface area contributed by atoms with Crippen LogP contribution in [-0.4, -0.2) is 16.3 Å². The van der Waals surface area contributed by atoms with Crippen LogP contribution in [0, 0.1) is 6.92 Å². The van der Waals surface area contributed by atoms with Gasteiger partial charge in [0, 0.05) is 18.8 Å². The fraction of sp³-hybridized carbons (Fsp3) is 0.200. The van der Waals surface area contributed by atoms with Crippen molar-refractivity contribution < 1.29 is 9.59 Å². The highest BCUT2D eigenvalue weighted by Gasteiger charge is 2.10. The highest BCUT2D eigenvalue weighted by Crippen LogP contribution is 2.13. The lowest BCUT2D eigenvalue weighted by Crippen LogP contribution is -2.20. The van der Waals surface area contributed by atoms with Crippen LogP contribution in [0.25, 0.3) is 0 Å². The Balaban J connectivity index is 2.08. The molecule has 0 saturated carbocycles. The summed E-state index contributed by atoms with van der Waals surface area (Å²) in [5.41, 5.74) is 2.35. The van der Waals surface area contributed by atoms with Crippen molar-refractivity contribution in [2.75, 3.05) is 5.32 Å². The molecule has 1 aromatic heterocycles. The molecule has 0 fully saturated rings. The van der Waals surface area contributed by atoms with E-state index in [0.29, 0.717) is 5.69 Å². The summed E-state index contributed by atoms with van der Waals surface area (Å²) in [7, 11) is 0. The van der Waals surface area contributed by atoms with Gasteiger partial charge in [-0.15, -0.1) is 0 Å². The molecule has 0 aliphatic carbocycles. The van der Waals surface area contributed by atoms with Crippen molar-refractivity contribution in [2.45, 2.75) is 20.4 Å². The molecule has 4 nitrogen and oxygen atoms in total. The van der Waals surface area contributed by atoms with Crippen molar-refractivity contribution in [1.82, 2.24) is 4.57 Å². The maximum absolute atomic E-state index is 12.0. The molecule has 2 rings (SSSR count). The number of nitrogens with zero attached hydrogens (tertiary/aromatic N) is 1. The van der Waals surface area contributed by atoms with Gasteiger partial charge >= 0.3 is 0 Å². The summed E-state index contributed by atoms with van der Waals surface area (Å²) >= 11 is 0. The van der Waals surface area contributed by atoms with Crippen LogP contribution < -0.4 is 5.32 Å². The lowest BCUT2D eigenvalue weighted by molar-refractivity contribution is -0.116. The lowest BCUT2D eigenvalue weighted by atomic mass is 10.2. The average Bonchev–Trinajstić information content (AvgIpc) is 2.80. The van der Waals surface area contributed by atoms with E-state index in [2.05, 4.69) is 5.32 Å². The molecule has 1 aromatic carbocycles. The second-order valence-corrected chi connectivity index (χ2v) is 4.44. The van der Waals surface area contributed by atoms with E-state index in [1.165, 1.54) is 6.92 Å². The molecule has 1 N–H and O–H groups in total. The second kappa shape index (κ2) is 5.52. The Morgan fingerprint density at radius 2 is 1.89 bits per heavy atom. The molecule has 0 unspecified atom stereocenters. The van der Waals surface area contributed by atoms with E-state index in [0.717, 1.165) is 11.3 Å². The monoisotopic (exact) mass is 256 g/mol. The number of carbonyl (C=O) groups excluding carboxylic acids is 2. The Labute approximate surface area is 112 Å². The number of aryl methyl sites for hydroxylation is 1. The molecule has 0 atom stereocenters. The number of Topliss-reactive ketones (excluding diaryl/α,β-unsaturated/α-hetero) is 1. The van der Waals surface area contributed by atoms with Gasteiger partial charge < -0.3 is 9.88 Å². The zero-order chi connectivity index (χ0) is 13.8. The first-order valence-corrected chi connectivity index (χ1v) is 6.09. The van der Waals surface area contributed by atoms with Gasteiger partial charge in [0.2, 0.25) is 5.91 Å². The Morgan fingerprint density at radius 1 is 1.16 bits per heavy atom. The van der Waals surface area contributed by atoms with Crippen LogP contribution in [-0.2, 0) is 11.3 Å². The van der Waals surface area contributed by atoms with Crippen LogP contribution in [0.5, 0.6) is 0 Å². The quantitative estimate of drug-likeness (QED) is 0.855. The van der Waals surface area contributed by atoms with Crippen LogP contribution in [0.1, 0.15) is 23.0 Å². The van der Waals surface area contributed by atoms with Crippen LogP contribution in [0.4, 0.5) is 5.69 Å². The Kier molecular flexibility index (Phi) is 3.80. The first-order valence-electron chi connectivity index (χ1n) is 6.09. The number of aromatic nitrogens is 1. The summed E-state index contributed by atoms with van der Waals surface area (Å²) < 4.78 is 1.65. The number of amides is 1. The second-order valence-electron chi connectivity index (χ2n) is 4.44. The van der Waals surface area contributed by atoms with Gasteiger partial charge in [-0.2, -0.15) is 0 Å². The van der Waals surface area contributed by atoms with Crippen molar-refractivity contribution in [1.29, 1.82) is 0 Å². The maximum Gasteiger partial charge on any atom is 0.244 e. The summed E-state index contributed by atoms with van der Waals surface area (Å²) in [5.74, 6) is -0.193. The molecule has 19 heavy (non-hydrogen) atoms. The van der Waals surface area contributed by atoms with Crippen molar-refractivity contribution in [3.8, 4) is 0 Å². The average molecular weight is 256 g/mol. The number of benzene rings is 1. The molecule has 0 aliphatic rings. The number of rotatable bonds is 4. The molecule has 4 heteroatoms. The zero-order valence-electron chi connectivity index (χ0n) is 11.0.